The average Bonchev–Trinajstić information content (AvgIpc) is 3.80. The number of aliphatic hydroxyl groups is 1. The summed E-state index contributed by atoms with van der Waals surface area (Å²) in [6.07, 6.45) is 8.66. The van der Waals surface area contributed by atoms with Gasteiger partial charge in [-0.1, -0.05) is 12.1 Å². The Morgan fingerprint density at radius 3 is 2.43 bits per heavy atom. The number of carbonyl (C=O) groups excluding carboxylic acids is 6. The van der Waals surface area contributed by atoms with Gasteiger partial charge >= 0.3 is 0 Å². The first kappa shape index (κ1) is 42.3. The highest BCUT2D eigenvalue weighted by molar-refractivity contribution is 7.18. The maximum absolute atomic E-state index is 13.8. The molecule has 4 aromatic rings. The van der Waals surface area contributed by atoms with Crippen molar-refractivity contribution in [3.05, 3.63) is 81.6 Å². The van der Waals surface area contributed by atoms with Gasteiger partial charge in [-0.2, -0.15) is 5.26 Å². The molecule has 4 N–H and O–H groups in total. The highest BCUT2D eigenvalue weighted by Crippen LogP contribution is 2.54. The maximum Gasteiger partial charge on any atom is 0.274 e. The summed E-state index contributed by atoms with van der Waals surface area (Å²) in [5.41, 5.74) is 2.09. The van der Waals surface area contributed by atoms with Crippen molar-refractivity contribution >= 4 is 68.4 Å². The van der Waals surface area contributed by atoms with Crippen LogP contribution in [0.4, 0.5) is 11.4 Å². The Bertz CT molecular complexity index is 2590. The molecule has 1 atom stereocenters. The first-order valence-corrected chi connectivity index (χ1v) is 22.7. The van der Waals surface area contributed by atoms with Gasteiger partial charge in [-0.3, -0.25) is 39.0 Å². The minimum absolute atomic E-state index is 0.000598. The van der Waals surface area contributed by atoms with E-state index in [-0.39, 0.29) is 58.5 Å². The monoisotopic (exact) mass is 870 g/mol. The predicted octanol–water partition coefficient (Wildman–Crippen LogP) is 6.24. The number of hydrogen-bond acceptors (Lipinski definition) is 12. The molecule has 1 spiro atoms. The van der Waals surface area contributed by atoms with Crippen molar-refractivity contribution in [3.8, 4) is 6.07 Å². The van der Waals surface area contributed by atoms with E-state index in [2.05, 4.69) is 25.8 Å². The number of rotatable bonds is 10. The fourth-order valence-electron chi connectivity index (χ4n) is 10.5. The number of nitrogens with one attached hydrogen (secondary N) is 3. The van der Waals surface area contributed by atoms with E-state index in [1.807, 2.05) is 18.2 Å². The largest absolute Gasteiger partial charge is 0.386 e. The van der Waals surface area contributed by atoms with Gasteiger partial charge in [-0.05, 0) is 126 Å². The molecule has 6 amide bonds. The number of imide groups is 2. The number of carbonyl (C=O) groups is 6. The number of hydrogen-bond donors (Lipinski definition) is 4. The predicted molar refractivity (Wildman–Crippen MR) is 234 cm³/mol. The normalized spacial score (nSPS) is 22.4. The third-order valence-corrected chi connectivity index (χ3v) is 15.1. The number of piperidine rings is 2. The van der Waals surface area contributed by atoms with E-state index >= 15 is 0 Å². The van der Waals surface area contributed by atoms with E-state index in [4.69, 9.17) is 4.98 Å². The molecular formula is C47H50N8O7S. The Balaban J connectivity index is 0.742. The molecule has 2 saturated heterocycles. The second kappa shape index (κ2) is 16.6. The number of pyridine rings is 1. The van der Waals surface area contributed by atoms with Crippen LogP contribution in [0.1, 0.15) is 138 Å². The Kier molecular flexibility index (Phi) is 11.1. The minimum atomic E-state index is -1.27. The number of benzene rings is 2. The van der Waals surface area contributed by atoms with Crippen molar-refractivity contribution in [1.29, 1.82) is 5.26 Å². The van der Waals surface area contributed by atoms with Gasteiger partial charge in [0.15, 0.2) is 0 Å². The third-order valence-electron chi connectivity index (χ3n) is 13.9. The Morgan fingerprint density at radius 1 is 0.968 bits per heavy atom. The fraction of sp³-hybridized carbons (Fsp3) is 0.468. The van der Waals surface area contributed by atoms with Crippen LogP contribution in [0.5, 0.6) is 0 Å². The molecule has 5 heterocycles. The van der Waals surface area contributed by atoms with E-state index < -0.39 is 41.2 Å². The van der Waals surface area contributed by atoms with Gasteiger partial charge in [0, 0.05) is 54.8 Å². The van der Waals surface area contributed by atoms with Gasteiger partial charge in [0.2, 0.25) is 17.7 Å². The summed E-state index contributed by atoms with van der Waals surface area (Å²) in [5, 5.41) is 29.8. The number of anilines is 2. The SMILES string of the molecule is CC(C)(O)c1cc2nc(C3CCC(C(=O)N4CCC5(CC4)CC(CCNc4cccc6c4C(=O)N(C4CCC(=O)NC4=O)C6=O)C5)CC3)sc2cc1NC(=O)c1cccc(C#N)n1. The lowest BCUT2D eigenvalue weighted by Crippen LogP contribution is -2.54. The molecule has 2 aromatic heterocycles. The van der Waals surface area contributed by atoms with Crippen LogP contribution < -0.4 is 16.0 Å². The van der Waals surface area contributed by atoms with Crippen LogP contribution in [0.15, 0.2) is 48.5 Å². The molecule has 16 heteroatoms. The van der Waals surface area contributed by atoms with Crippen LogP contribution in [-0.4, -0.2) is 86.0 Å². The van der Waals surface area contributed by atoms with Crippen molar-refractivity contribution in [1.82, 2.24) is 25.1 Å². The quantitative estimate of drug-likeness (QED) is 0.131. The number of nitriles is 1. The zero-order chi connectivity index (χ0) is 44.2. The van der Waals surface area contributed by atoms with Crippen LogP contribution in [0.2, 0.25) is 0 Å². The second-order valence-corrected chi connectivity index (χ2v) is 19.6. The lowest BCUT2D eigenvalue weighted by atomic mass is 9.57. The molecule has 326 valence electrons. The molecule has 5 aliphatic rings. The lowest BCUT2D eigenvalue weighted by molar-refractivity contribution is -0.141. The smallest absolute Gasteiger partial charge is 0.274 e. The van der Waals surface area contributed by atoms with E-state index in [1.165, 1.54) is 12.1 Å². The summed E-state index contributed by atoms with van der Waals surface area (Å²) < 4.78 is 0.885. The van der Waals surface area contributed by atoms with E-state index in [0.717, 1.165) is 91.0 Å². The van der Waals surface area contributed by atoms with Crippen molar-refractivity contribution in [2.24, 2.45) is 17.3 Å². The van der Waals surface area contributed by atoms with Gasteiger partial charge < -0.3 is 20.6 Å². The number of thiazole rings is 1. The van der Waals surface area contributed by atoms with Crippen LogP contribution >= 0.6 is 11.3 Å². The molecule has 2 aliphatic carbocycles. The van der Waals surface area contributed by atoms with Crippen LogP contribution in [0.3, 0.4) is 0 Å². The molecule has 4 fully saturated rings. The van der Waals surface area contributed by atoms with Gasteiger partial charge in [-0.15, -0.1) is 11.3 Å². The molecule has 3 aliphatic heterocycles. The van der Waals surface area contributed by atoms with Gasteiger partial charge in [0.1, 0.15) is 23.5 Å². The number of aromatic nitrogens is 2. The Labute approximate surface area is 368 Å². The zero-order valence-electron chi connectivity index (χ0n) is 35.4. The summed E-state index contributed by atoms with van der Waals surface area (Å²) in [4.78, 5) is 89.9. The van der Waals surface area contributed by atoms with Gasteiger partial charge in [0.25, 0.3) is 17.7 Å². The highest BCUT2D eigenvalue weighted by Gasteiger charge is 2.48. The van der Waals surface area contributed by atoms with Crippen molar-refractivity contribution in [3.63, 3.8) is 0 Å². The number of fused-ring (bicyclic) bond motifs is 2. The van der Waals surface area contributed by atoms with Crippen LogP contribution in [0, 0.1) is 28.6 Å². The van der Waals surface area contributed by atoms with Crippen molar-refractivity contribution in [2.45, 2.75) is 102 Å². The standard InChI is InChI=1S/C47H50N8O7S/c1-46(2,62)31-21-35-37(22-34(31)51-40(57)33-8-3-5-29(25-48)50-33)63-42(52-35)27-9-11-28(12-10-27)43(59)54-19-16-47(17-20-54)23-26(24-47)15-18-49-32-7-4-6-30-39(32)45(61)55(44(30)60)36-13-14-38(56)53-41(36)58/h3-8,21-22,26-28,36,49,62H,9-20,23-24H2,1-2H3,(H,51,57)(H,53,56,58). The summed E-state index contributed by atoms with van der Waals surface area (Å²) in [6, 6.07) is 14.4. The molecule has 0 radical (unpaired) electrons. The molecule has 0 bridgehead atoms. The maximum atomic E-state index is 13.8. The van der Waals surface area contributed by atoms with Gasteiger partial charge in [0.05, 0.1) is 32.0 Å². The Morgan fingerprint density at radius 2 is 1.71 bits per heavy atom. The minimum Gasteiger partial charge on any atom is -0.386 e. The van der Waals surface area contributed by atoms with E-state index in [9.17, 15) is 39.1 Å². The molecule has 2 aromatic carbocycles. The zero-order valence-corrected chi connectivity index (χ0v) is 36.2. The van der Waals surface area contributed by atoms with Crippen molar-refractivity contribution < 1.29 is 33.9 Å². The molecule has 15 nitrogen and oxygen atoms in total. The second-order valence-electron chi connectivity index (χ2n) is 18.5. The summed E-state index contributed by atoms with van der Waals surface area (Å²) in [5.74, 6) is -1.53. The van der Waals surface area contributed by atoms with E-state index in [1.54, 1.807) is 49.4 Å². The number of likely N-dealkylation sites (tertiary alicyclic amines) is 1. The first-order valence-electron chi connectivity index (χ1n) is 21.9. The van der Waals surface area contributed by atoms with Crippen molar-refractivity contribution in [2.75, 3.05) is 30.3 Å². The lowest BCUT2D eigenvalue weighted by Gasteiger charge is -2.53. The number of amides is 6. The average molecular weight is 871 g/mol. The summed E-state index contributed by atoms with van der Waals surface area (Å²) >= 11 is 1.58. The van der Waals surface area contributed by atoms with Gasteiger partial charge in [-0.25, -0.2) is 9.97 Å². The molecule has 2 saturated carbocycles. The third kappa shape index (κ3) is 8.20. The molecule has 1 unspecified atom stereocenters. The Hall–Kier alpha value is -6.05. The fourth-order valence-corrected chi connectivity index (χ4v) is 11.6. The summed E-state index contributed by atoms with van der Waals surface area (Å²) in [6.45, 7) is 5.51. The topological polar surface area (TPSA) is 215 Å². The number of nitrogens with zero attached hydrogens (tertiary/aromatic N) is 5. The molecular weight excluding hydrogens is 821 g/mol. The molecule has 63 heavy (non-hydrogen) atoms. The van der Waals surface area contributed by atoms with Crippen LogP contribution in [-0.2, 0) is 20.0 Å². The first-order chi connectivity index (χ1) is 30.2. The highest BCUT2D eigenvalue weighted by atomic mass is 32.1. The van der Waals surface area contributed by atoms with Crippen LogP contribution in [0.25, 0.3) is 10.2 Å². The summed E-state index contributed by atoms with van der Waals surface area (Å²) in [7, 11) is 0. The van der Waals surface area contributed by atoms with E-state index in [0.29, 0.717) is 29.4 Å². The molecule has 9 rings (SSSR count).